The maximum Gasteiger partial charge on any atom is 0.260 e. The van der Waals surface area contributed by atoms with Gasteiger partial charge in [0.1, 0.15) is 0 Å². The molecule has 0 saturated carbocycles. The van der Waals surface area contributed by atoms with E-state index in [1.807, 2.05) is 20.8 Å². The Balaban J connectivity index is 1.96. The molecule has 2 rings (SSSR count). The van der Waals surface area contributed by atoms with Gasteiger partial charge in [-0.1, -0.05) is 23.7 Å². The maximum absolute atomic E-state index is 12.2. The molecule has 1 N–H and O–H groups in total. The lowest BCUT2D eigenvalue weighted by molar-refractivity contribution is -0.133. The predicted molar refractivity (Wildman–Crippen MR) is 122 cm³/mol. The molecular weight excluding hydrogens is 418 g/mol. The standard InChI is InChI=1S/C23H28ClN3O4/c1-4-27(5-2)23(29)16-31-20-12-9-18(13-21(20)30-6-3)15-25-26-22(28)14-17-7-10-19(24)11-8-17/h7-13,15H,4-6,14,16H2,1-3H3,(H,26,28)/b25-15-. The molecule has 0 atom stereocenters. The smallest absolute Gasteiger partial charge is 0.260 e. The van der Waals surface area contributed by atoms with Crippen molar-refractivity contribution in [3.63, 3.8) is 0 Å². The SMILES string of the molecule is CCOc1cc(/C=N\NC(=O)Cc2ccc(Cl)cc2)ccc1OCC(=O)N(CC)CC. The largest absolute Gasteiger partial charge is 0.490 e. The fourth-order valence-corrected chi connectivity index (χ4v) is 2.93. The van der Waals surface area contributed by atoms with E-state index in [1.54, 1.807) is 47.4 Å². The van der Waals surface area contributed by atoms with E-state index < -0.39 is 0 Å². The molecule has 8 heteroatoms. The molecule has 0 saturated heterocycles. The highest BCUT2D eigenvalue weighted by Crippen LogP contribution is 2.28. The quantitative estimate of drug-likeness (QED) is 0.422. The molecule has 0 unspecified atom stereocenters. The third-order valence-electron chi connectivity index (χ3n) is 4.42. The first-order valence-corrected chi connectivity index (χ1v) is 10.6. The van der Waals surface area contributed by atoms with Crippen LogP contribution in [0.2, 0.25) is 5.02 Å². The Morgan fingerprint density at radius 3 is 2.39 bits per heavy atom. The summed E-state index contributed by atoms with van der Waals surface area (Å²) in [6, 6.07) is 12.3. The van der Waals surface area contributed by atoms with Crippen molar-refractivity contribution in [1.29, 1.82) is 0 Å². The molecule has 31 heavy (non-hydrogen) atoms. The first kappa shape index (κ1) is 24.2. The molecule has 0 aliphatic heterocycles. The number of hydrogen-bond acceptors (Lipinski definition) is 5. The van der Waals surface area contributed by atoms with Crippen LogP contribution in [0.15, 0.2) is 47.6 Å². The number of halogens is 1. The molecule has 0 aliphatic rings. The second-order valence-electron chi connectivity index (χ2n) is 6.59. The van der Waals surface area contributed by atoms with Gasteiger partial charge in [-0.05, 0) is 62.2 Å². The van der Waals surface area contributed by atoms with Crippen molar-refractivity contribution in [2.45, 2.75) is 27.2 Å². The molecule has 0 aliphatic carbocycles. The first-order chi connectivity index (χ1) is 15.0. The van der Waals surface area contributed by atoms with Crippen molar-refractivity contribution >= 4 is 29.6 Å². The molecule has 0 fully saturated rings. The van der Waals surface area contributed by atoms with Gasteiger partial charge in [0.15, 0.2) is 18.1 Å². The minimum atomic E-state index is -0.238. The highest BCUT2D eigenvalue weighted by atomic mass is 35.5. The number of nitrogens with one attached hydrogen (secondary N) is 1. The molecule has 0 spiro atoms. The highest BCUT2D eigenvalue weighted by molar-refractivity contribution is 6.30. The minimum absolute atomic E-state index is 0.0596. The summed E-state index contributed by atoms with van der Waals surface area (Å²) in [6.45, 7) is 7.37. The van der Waals surface area contributed by atoms with Gasteiger partial charge in [0, 0.05) is 18.1 Å². The van der Waals surface area contributed by atoms with E-state index in [2.05, 4.69) is 10.5 Å². The van der Waals surface area contributed by atoms with E-state index in [0.717, 1.165) is 11.1 Å². The van der Waals surface area contributed by atoms with Crippen molar-refractivity contribution in [3.05, 3.63) is 58.6 Å². The molecule has 2 aromatic carbocycles. The van der Waals surface area contributed by atoms with Gasteiger partial charge in [-0.3, -0.25) is 9.59 Å². The predicted octanol–water partition coefficient (Wildman–Crippen LogP) is 3.68. The van der Waals surface area contributed by atoms with E-state index in [9.17, 15) is 9.59 Å². The third kappa shape index (κ3) is 7.94. The maximum atomic E-state index is 12.2. The summed E-state index contributed by atoms with van der Waals surface area (Å²) in [5.41, 5.74) is 4.07. The lowest BCUT2D eigenvalue weighted by atomic mass is 10.1. The number of likely N-dealkylation sites (N-methyl/N-ethyl adjacent to an activating group) is 1. The molecule has 2 amide bonds. The normalized spacial score (nSPS) is 10.7. The van der Waals surface area contributed by atoms with E-state index >= 15 is 0 Å². The zero-order valence-electron chi connectivity index (χ0n) is 18.1. The van der Waals surface area contributed by atoms with Gasteiger partial charge >= 0.3 is 0 Å². The summed E-state index contributed by atoms with van der Waals surface area (Å²) in [7, 11) is 0. The average Bonchev–Trinajstić information content (AvgIpc) is 2.76. The molecule has 0 bridgehead atoms. The number of hydrazone groups is 1. The molecule has 0 heterocycles. The Bertz CT molecular complexity index is 896. The van der Waals surface area contributed by atoms with Crippen LogP contribution < -0.4 is 14.9 Å². The summed E-state index contributed by atoms with van der Waals surface area (Å²) < 4.78 is 11.3. The van der Waals surface area contributed by atoms with Crippen LogP contribution in [0.1, 0.15) is 31.9 Å². The molecule has 166 valence electrons. The van der Waals surface area contributed by atoms with Crippen molar-refractivity contribution in [3.8, 4) is 11.5 Å². The van der Waals surface area contributed by atoms with Crippen LogP contribution in [-0.2, 0) is 16.0 Å². The molecule has 2 aromatic rings. The fourth-order valence-electron chi connectivity index (χ4n) is 2.81. The molecule has 7 nitrogen and oxygen atoms in total. The fraction of sp³-hybridized carbons (Fsp3) is 0.348. The zero-order valence-corrected chi connectivity index (χ0v) is 18.8. The van der Waals surface area contributed by atoms with E-state index in [0.29, 0.717) is 36.2 Å². The van der Waals surface area contributed by atoms with Gasteiger partial charge < -0.3 is 14.4 Å². The van der Waals surface area contributed by atoms with Gasteiger partial charge in [0.05, 0.1) is 19.2 Å². The Morgan fingerprint density at radius 1 is 1.03 bits per heavy atom. The van der Waals surface area contributed by atoms with E-state index in [1.165, 1.54) is 6.21 Å². The average molecular weight is 446 g/mol. The van der Waals surface area contributed by atoms with Crippen LogP contribution in [0, 0.1) is 0 Å². The van der Waals surface area contributed by atoms with Gasteiger partial charge in [-0.25, -0.2) is 5.43 Å². The summed E-state index contributed by atoms with van der Waals surface area (Å²) >= 11 is 5.85. The van der Waals surface area contributed by atoms with Crippen LogP contribution in [-0.4, -0.2) is 49.2 Å². The number of benzene rings is 2. The first-order valence-electron chi connectivity index (χ1n) is 10.2. The lowest BCUT2D eigenvalue weighted by Gasteiger charge is -2.19. The summed E-state index contributed by atoms with van der Waals surface area (Å²) in [6.07, 6.45) is 1.72. The second-order valence-corrected chi connectivity index (χ2v) is 7.03. The van der Waals surface area contributed by atoms with Crippen LogP contribution in [0.3, 0.4) is 0 Å². The summed E-state index contributed by atoms with van der Waals surface area (Å²) in [5, 5.41) is 4.62. The van der Waals surface area contributed by atoms with Gasteiger partial charge in [0.25, 0.3) is 5.91 Å². The van der Waals surface area contributed by atoms with Crippen molar-refractivity contribution in [1.82, 2.24) is 10.3 Å². The number of hydrogen-bond donors (Lipinski definition) is 1. The van der Waals surface area contributed by atoms with E-state index in [4.69, 9.17) is 21.1 Å². The number of nitrogens with zero attached hydrogens (tertiary/aromatic N) is 2. The lowest BCUT2D eigenvalue weighted by Crippen LogP contribution is -2.34. The van der Waals surface area contributed by atoms with Gasteiger partial charge in [-0.2, -0.15) is 5.10 Å². The summed E-state index contributed by atoms with van der Waals surface area (Å²) in [5.74, 6) is 0.664. The Hall–Kier alpha value is -3.06. The highest BCUT2D eigenvalue weighted by Gasteiger charge is 2.13. The van der Waals surface area contributed by atoms with Crippen molar-refractivity contribution in [2.75, 3.05) is 26.3 Å². The van der Waals surface area contributed by atoms with Crippen LogP contribution in [0.4, 0.5) is 0 Å². The van der Waals surface area contributed by atoms with Crippen LogP contribution >= 0.6 is 11.6 Å². The van der Waals surface area contributed by atoms with E-state index in [-0.39, 0.29) is 24.8 Å². The number of carbonyl (C=O) groups is 2. The topological polar surface area (TPSA) is 80.2 Å². The second kappa shape index (κ2) is 12.6. The Labute approximate surface area is 188 Å². The number of ether oxygens (including phenoxy) is 2. The number of amides is 2. The van der Waals surface area contributed by atoms with Crippen molar-refractivity contribution < 1.29 is 19.1 Å². The van der Waals surface area contributed by atoms with Crippen LogP contribution in [0.5, 0.6) is 11.5 Å². The van der Waals surface area contributed by atoms with Gasteiger partial charge in [0.2, 0.25) is 5.91 Å². The Morgan fingerprint density at radius 2 is 1.74 bits per heavy atom. The van der Waals surface area contributed by atoms with Crippen molar-refractivity contribution in [2.24, 2.45) is 5.10 Å². The number of carbonyl (C=O) groups excluding carboxylic acids is 2. The molecule has 0 aromatic heterocycles. The zero-order chi connectivity index (χ0) is 22.6. The molecule has 0 radical (unpaired) electrons. The summed E-state index contributed by atoms with van der Waals surface area (Å²) in [4.78, 5) is 25.9. The number of rotatable bonds is 11. The van der Waals surface area contributed by atoms with Gasteiger partial charge in [-0.15, -0.1) is 0 Å². The van der Waals surface area contributed by atoms with Crippen LogP contribution in [0.25, 0.3) is 0 Å². The minimum Gasteiger partial charge on any atom is -0.490 e. The monoisotopic (exact) mass is 445 g/mol. The Kier molecular flexibility index (Phi) is 9.84. The third-order valence-corrected chi connectivity index (χ3v) is 4.67. The molecular formula is C23H28ClN3O4.